The molecule has 0 amide bonds. The van der Waals surface area contributed by atoms with Gasteiger partial charge < -0.3 is 15.1 Å². The van der Waals surface area contributed by atoms with Crippen molar-refractivity contribution < 1.29 is 113 Å². The number of halogens is 15. The highest BCUT2D eigenvalue weighted by atomic mass is 32.2. The Balaban J connectivity index is -0.000000963. The van der Waals surface area contributed by atoms with Crippen LogP contribution in [0.25, 0.3) is 0 Å². The highest BCUT2D eigenvalue weighted by Gasteiger charge is 2.85. The molecule has 5 N–H and O–H groups in total. The van der Waals surface area contributed by atoms with Crippen LogP contribution in [0.15, 0.2) is 0 Å². The fourth-order valence-corrected chi connectivity index (χ4v) is 7.27. The molecule has 0 aromatic rings. The van der Waals surface area contributed by atoms with Crippen molar-refractivity contribution in [2.24, 2.45) is 0 Å². The monoisotopic (exact) mass is 909 g/mol. The lowest BCUT2D eigenvalue weighted by atomic mass is 10.1. The molecule has 0 atom stereocenters. The zero-order valence-electron chi connectivity index (χ0n) is 30.5. The maximum Gasteiger partial charge on any atom is 0.460 e. The van der Waals surface area contributed by atoms with Gasteiger partial charge in [-0.15, -0.1) is 0 Å². The quantitative estimate of drug-likeness (QED) is 0.0387. The van der Waals surface area contributed by atoms with Gasteiger partial charge in [0.1, 0.15) is 19.6 Å². The number of hydrogen-bond acceptors (Lipinski definition) is 10. The van der Waals surface area contributed by atoms with E-state index in [9.17, 15) is 87.9 Å². The molecule has 0 rings (SSSR count). The number of aliphatic hydroxyl groups excluding tert-OH is 2. The van der Waals surface area contributed by atoms with Crippen molar-refractivity contribution in [3.63, 3.8) is 0 Å². The van der Waals surface area contributed by atoms with E-state index in [0.29, 0.717) is 13.1 Å². The molecule has 0 unspecified atom stereocenters. The molecular weight excluding hydrogens is 861 g/mol. The molecular formula is C26H48F15N4O9S2+. The summed E-state index contributed by atoms with van der Waals surface area (Å²) < 4.78 is 244. The van der Waals surface area contributed by atoms with Crippen LogP contribution in [0.4, 0.5) is 65.9 Å². The van der Waals surface area contributed by atoms with Crippen molar-refractivity contribution in [1.29, 1.82) is 0 Å². The van der Waals surface area contributed by atoms with Crippen LogP contribution in [0.2, 0.25) is 0 Å². The fourth-order valence-electron chi connectivity index (χ4n) is 4.28. The van der Waals surface area contributed by atoms with Crippen LogP contribution < -0.4 is 0 Å². The molecule has 30 heteroatoms. The van der Waals surface area contributed by atoms with Crippen LogP contribution in [-0.2, 0) is 20.0 Å². The lowest BCUT2D eigenvalue weighted by Gasteiger charge is -2.35. The van der Waals surface area contributed by atoms with Gasteiger partial charge in [-0.3, -0.25) is 10.5 Å². The topological polar surface area (TPSA) is 179 Å². The summed E-state index contributed by atoms with van der Waals surface area (Å²) in [5.74, 6) is -26.1. The number of rotatable bonds is 24. The highest BCUT2D eigenvalue weighted by molar-refractivity contribution is 7.90. The molecule has 13 nitrogen and oxygen atoms in total. The third-order valence-corrected chi connectivity index (χ3v) is 11.9. The summed E-state index contributed by atoms with van der Waals surface area (Å²) in [6.07, 6.45) is -7.57. The van der Waals surface area contributed by atoms with Crippen LogP contribution in [0.3, 0.4) is 0 Å². The number of aliphatic hydroxyl groups is 2. The molecule has 0 bridgehead atoms. The van der Waals surface area contributed by atoms with Crippen molar-refractivity contribution in [2.75, 3.05) is 78.7 Å². The molecule has 342 valence electrons. The highest BCUT2D eigenvalue weighted by Crippen LogP contribution is 2.55. The zero-order valence-corrected chi connectivity index (χ0v) is 32.2. The van der Waals surface area contributed by atoms with Crippen LogP contribution in [0, 0.1) is 0 Å². The average Bonchev–Trinajstić information content (AvgIpc) is 3.08. The third-order valence-electron chi connectivity index (χ3n) is 7.99. The van der Waals surface area contributed by atoms with E-state index in [0.717, 1.165) is 0 Å². The van der Waals surface area contributed by atoms with Gasteiger partial charge in [0.05, 0.1) is 13.2 Å². The first-order chi connectivity index (χ1) is 25.0. The summed E-state index contributed by atoms with van der Waals surface area (Å²) in [6, 6.07) is 0. The molecule has 56 heavy (non-hydrogen) atoms. The van der Waals surface area contributed by atoms with E-state index < -0.39 is 116 Å². The summed E-state index contributed by atoms with van der Waals surface area (Å²) in [7, 11) is -12.9. The van der Waals surface area contributed by atoms with Crippen molar-refractivity contribution in [3.8, 4) is 0 Å². The minimum Gasteiger partial charge on any atom is -0.395 e. The molecule has 0 aliphatic carbocycles. The van der Waals surface area contributed by atoms with Crippen molar-refractivity contribution >= 4 is 20.0 Å². The molecule has 0 saturated carbocycles. The summed E-state index contributed by atoms with van der Waals surface area (Å²) in [5, 5.41) is 26.8. The van der Waals surface area contributed by atoms with Gasteiger partial charge in [-0.2, -0.15) is 79.1 Å². The first-order valence-electron chi connectivity index (χ1n) is 16.0. The Morgan fingerprint density at radius 1 is 0.536 bits per heavy atom. The molecule has 0 fully saturated rings. The number of nitrogens with zero attached hydrogens (tertiary/aromatic N) is 4. The van der Waals surface area contributed by atoms with Crippen LogP contribution >= 0.6 is 0 Å². The zero-order chi connectivity index (χ0) is 45.6. The Bertz CT molecular complexity index is 1350. The van der Waals surface area contributed by atoms with Gasteiger partial charge in [0.2, 0.25) is 0 Å². The lowest BCUT2D eigenvalue weighted by Crippen LogP contribution is -2.65. The second kappa shape index (κ2) is 22.2. The summed E-state index contributed by atoms with van der Waals surface area (Å²) in [6.45, 7) is 1.57. The molecule has 0 radical (unpaired) electrons. The number of hydrogen-bond donors (Lipinski definition) is 5. The number of quaternary nitrogens is 1. The smallest absolute Gasteiger partial charge is 0.395 e. The normalized spacial score (nSPS) is 14.5. The Morgan fingerprint density at radius 2 is 0.875 bits per heavy atom. The molecule has 0 aromatic heterocycles. The van der Waals surface area contributed by atoms with Crippen LogP contribution in [-0.4, -0.2) is 180 Å². The fraction of sp³-hybridized carbons (Fsp3) is 1.00. The van der Waals surface area contributed by atoms with E-state index in [-0.39, 0.29) is 43.3 Å². The molecule has 0 heterocycles. The maximum atomic E-state index is 13.8. The number of hydroxylamine groups is 3. The number of alkyl halides is 15. The molecule has 0 spiro atoms. The van der Waals surface area contributed by atoms with E-state index in [1.165, 1.54) is 0 Å². The minimum absolute atomic E-state index is 0.0870. The lowest BCUT2D eigenvalue weighted by molar-refractivity contribution is -1.10. The summed E-state index contributed by atoms with van der Waals surface area (Å²) in [4.78, 5) is 1.69. The third kappa shape index (κ3) is 13.2. The van der Waals surface area contributed by atoms with Crippen LogP contribution in [0.1, 0.15) is 47.5 Å². The Kier molecular flexibility index (Phi) is 23.3. The van der Waals surface area contributed by atoms with Gasteiger partial charge in [-0.05, 0) is 39.9 Å². The predicted molar refractivity (Wildman–Crippen MR) is 167 cm³/mol. The van der Waals surface area contributed by atoms with E-state index in [2.05, 4.69) is 0 Å². The molecule has 0 aliphatic rings. The standard InChI is InChI=1S/C13H21F9N2O3S.C13H25F6N2O4S.H2O2/c1-3-23(4-2)6-5-7-24(8-9-25)28(26,27)13(21,22)11(16,17)10(14,15)12(18,19)20;1-4-21(23,5-2)9-6-7-20(8-10-22)26(24,25)13(18,19)12(16,17)11(3,14)15;1-2/h25H,3-9H2,1-2H3;22-23H,4-10H2,1-3H3;1-2H/q;+1;. The second-order valence-corrected chi connectivity index (χ2v) is 15.5. The number of sulfonamides is 2. The second-order valence-electron chi connectivity index (χ2n) is 11.6. The molecule has 0 saturated heterocycles. The van der Waals surface area contributed by atoms with Gasteiger partial charge in [-0.25, -0.2) is 22.0 Å². The van der Waals surface area contributed by atoms with Gasteiger partial charge in [0, 0.05) is 39.5 Å². The SMILES string of the molecule is CCN(CC)CCCN(CCO)S(=O)(=O)C(F)(F)C(F)(F)C(F)(F)C(F)(F)F.CC[N+](O)(CC)CCCN(CCO)S(=O)(=O)C(F)(F)C(F)(F)C(C)(F)F.OO. The van der Waals surface area contributed by atoms with Crippen molar-refractivity contribution in [2.45, 2.75) is 87.8 Å². The first kappa shape index (κ1) is 58.8. The Morgan fingerprint density at radius 3 is 1.16 bits per heavy atom. The minimum atomic E-state index is -7.32. The maximum absolute atomic E-state index is 13.8. The Labute approximate surface area is 313 Å². The van der Waals surface area contributed by atoms with Crippen molar-refractivity contribution in [3.05, 3.63) is 0 Å². The molecule has 0 aliphatic heterocycles. The molecule has 0 aromatic carbocycles. The van der Waals surface area contributed by atoms with E-state index in [1.807, 2.05) is 0 Å². The average molecular weight is 910 g/mol. The van der Waals surface area contributed by atoms with Crippen molar-refractivity contribution in [1.82, 2.24) is 13.5 Å². The van der Waals surface area contributed by atoms with Gasteiger partial charge in [0.15, 0.2) is 0 Å². The summed E-state index contributed by atoms with van der Waals surface area (Å²) in [5.41, 5.74) is 0. The largest absolute Gasteiger partial charge is 0.460 e. The van der Waals surface area contributed by atoms with E-state index >= 15 is 0 Å². The van der Waals surface area contributed by atoms with E-state index in [4.69, 9.17) is 20.7 Å². The van der Waals surface area contributed by atoms with Gasteiger partial charge in [0.25, 0.3) is 20.0 Å². The van der Waals surface area contributed by atoms with Crippen LogP contribution in [0.5, 0.6) is 0 Å². The first-order valence-corrected chi connectivity index (χ1v) is 18.9. The Hall–Kier alpha value is -1.51. The summed E-state index contributed by atoms with van der Waals surface area (Å²) >= 11 is 0. The predicted octanol–water partition coefficient (Wildman–Crippen LogP) is 4.92. The van der Waals surface area contributed by atoms with E-state index in [1.54, 1.807) is 32.6 Å². The van der Waals surface area contributed by atoms with Gasteiger partial charge >= 0.3 is 40.4 Å². The van der Waals surface area contributed by atoms with Gasteiger partial charge in [-0.1, -0.05) is 13.8 Å².